The van der Waals surface area contributed by atoms with Crippen molar-refractivity contribution in [2.75, 3.05) is 7.05 Å². The summed E-state index contributed by atoms with van der Waals surface area (Å²) in [6, 6.07) is 3.60. The van der Waals surface area contributed by atoms with Crippen LogP contribution in [0.5, 0.6) is 0 Å². The second-order valence-electron chi connectivity index (χ2n) is 7.65. The lowest BCUT2D eigenvalue weighted by Crippen LogP contribution is -2.50. The van der Waals surface area contributed by atoms with Crippen LogP contribution in [-0.2, 0) is 4.79 Å². The number of carbonyl (C=O) groups excluding carboxylic acids is 1. The first-order chi connectivity index (χ1) is 12.7. The first-order valence-electron chi connectivity index (χ1n) is 9.30. The number of hydrogen-bond donors (Lipinski definition) is 1. The molecule has 0 radical (unpaired) electrons. The van der Waals surface area contributed by atoms with Crippen LogP contribution in [0.25, 0.3) is 5.57 Å². The zero-order valence-electron chi connectivity index (χ0n) is 14.8. The number of allylic oxidation sites excluding steroid dienone is 3. The summed E-state index contributed by atoms with van der Waals surface area (Å²) in [5, 5.41) is 16.0. The standard InChI is InChI=1S/C20H22N4OS/c1-24-15-3-4-16(24)10-14(9-15)21-20(25)19-17-5-2-12(8-18(17)22-23-19)13-6-7-26-11-13/h2,5-7,11,14-16H,3-4,8-10H2,1H3,(H,21,25). The van der Waals surface area contributed by atoms with Crippen LogP contribution in [0, 0.1) is 0 Å². The van der Waals surface area contributed by atoms with E-state index in [2.05, 4.69) is 50.4 Å². The van der Waals surface area contributed by atoms with E-state index < -0.39 is 0 Å². The Labute approximate surface area is 157 Å². The predicted octanol–water partition coefficient (Wildman–Crippen LogP) is 3.01. The summed E-state index contributed by atoms with van der Waals surface area (Å²) in [7, 11) is 2.21. The van der Waals surface area contributed by atoms with E-state index in [0.29, 0.717) is 17.8 Å². The van der Waals surface area contributed by atoms with Crippen LogP contribution in [-0.4, -0.2) is 47.4 Å². The smallest absolute Gasteiger partial charge is 0.272 e. The Morgan fingerprint density at radius 2 is 2.04 bits per heavy atom. The van der Waals surface area contributed by atoms with Crippen molar-refractivity contribution in [3.63, 3.8) is 0 Å². The molecule has 2 fully saturated rings. The Kier molecular flexibility index (Phi) is 3.90. The molecule has 1 amide bonds. The fourth-order valence-electron chi connectivity index (χ4n) is 4.68. The fourth-order valence-corrected chi connectivity index (χ4v) is 5.36. The van der Waals surface area contributed by atoms with Crippen LogP contribution < -0.4 is 5.32 Å². The molecule has 2 saturated heterocycles. The summed E-state index contributed by atoms with van der Waals surface area (Å²) in [4.78, 5) is 15.3. The molecule has 4 heterocycles. The Morgan fingerprint density at radius 1 is 1.23 bits per heavy atom. The second-order valence-corrected chi connectivity index (χ2v) is 8.43. The van der Waals surface area contributed by atoms with E-state index >= 15 is 0 Å². The first kappa shape index (κ1) is 16.1. The molecule has 5 nitrogen and oxygen atoms in total. The fraction of sp³-hybridized carbons (Fsp3) is 0.450. The summed E-state index contributed by atoms with van der Waals surface area (Å²) in [5.74, 6) is -0.0728. The SMILES string of the molecule is CN1C2CCC1CC(NC(=O)C1=NN=C3CC(c4ccsc4)=CC=C31)C2. The number of piperidine rings is 1. The van der Waals surface area contributed by atoms with Crippen LogP contribution >= 0.6 is 11.3 Å². The van der Waals surface area contributed by atoms with Crippen LogP contribution in [0.1, 0.15) is 37.7 Å². The molecule has 0 aromatic carbocycles. The van der Waals surface area contributed by atoms with E-state index in [1.54, 1.807) is 11.3 Å². The van der Waals surface area contributed by atoms with Gasteiger partial charge >= 0.3 is 0 Å². The summed E-state index contributed by atoms with van der Waals surface area (Å²) < 4.78 is 0. The number of nitrogens with one attached hydrogen (secondary N) is 1. The van der Waals surface area contributed by atoms with Gasteiger partial charge < -0.3 is 10.2 Å². The van der Waals surface area contributed by atoms with Gasteiger partial charge in [-0.15, -0.1) is 5.10 Å². The molecule has 1 N–H and O–H groups in total. The van der Waals surface area contributed by atoms with Crippen molar-refractivity contribution in [3.8, 4) is 0 Å². The Morgan fingerprint density at radius 3 is 2.77 bits per heavy atom. The van der Waals surface area contributed by atoms with Crippen LogP contribution in [0.15, 0.2) is 44.8 Å². The van der Waals surface area contributed by atoms with E-state index in [4.69, 9.17) is 0 Å². The average Bonchev–Trinajstić information content (AvgIpc) is 3.34. The molecule has 4 aliphatic rings. The number of rotatable bonds is 3. The molecule has 0 spiro atoms. The molecule has 5 rings (SSSR count). The largest absolute Gasteiger partial charge is 0.348 e. The Bertz CT molecular complexity index is 850. The number of carbonyl (C=O) groups is 1. The Hall–Kier alpha value is -2.05. The van der Waals surface area contributed by atoms with Gasteiger partial charge in [0, 0.05) is 30.1 Å². The van der Waals surface area contributed by atoms with Gasteiger partial charge in [-0.2, -0.15) is 16.4 Å². The van der Waals surface area contributed by atoms with Gasteiger partial charge in [0.15, 0.2) is 5.71 Å². The van der Waals surface area contributed by atoms with Gasteiger partial charge in [0.2, 0.25) is 0 Å². The number of hydrogen-bond acceptors (Lipinski definition) is 5. The van der Waals surface area contributed by atoms with Gasteiger partial charge in [-0.05, 0) is 60.7 Å². The van der Waals surface area contributed by atoms with Crippen molar-refractivity contribution in [2.24, 2.45) is 10.2 Å². The van der Waals surface area contributed by atoms with E-state index in [9.17, 15) is 4.79 Å². The van der Waals surface area contributed by atoms with Gasteiger partial charge in [-0.3, -0.25) is 4.79 Å². The second kappa shape index (κ2) is 6.28. The molecule has 2 unspecified atom stereocenters. The first-order valence-corrected chi connectivity index (χ1v) is 10.2. The van der Waals surface area contributed by atoms with E-state index in [1.165, 1.54) is 24.0 Å². The van der Waals surface area contributed by atoms with Crippen LogP contribution in [0.2, 0.25) is 0 Å². The molecular formula is C20H22N4OS. The molecule has 134 valence electrons. The maximum absolute atomic E-state index is 12.8. The number of thiophene rings is 1. The summed E-state index contributed by atoms with van der Waals surface area (Å²) in [6.45, 7) is 0. The summed E-state index contributed by atoms with van der Waals surface area (Å²) >= 11 is 1.69. The lowest BCUT2D eigenvalue weighted by molar-refractivity contribution is -0.115. The highest BCUT2D eigenvalue weighted by atomic mass is 32.1. The quantitative estimate of drug-likeness (QED) is 0.894. The molecule has 2 atom stereocenters. The van der Waals surface area contributed by atoms with Crippen molar-refractivity contribution in [1.82, 2.24) is 10.2 Å². The molecule has 3 aliphatic heterocycles. The van der Waals surface area contributed by atoms with Crippen molar-refractivity contribution in [3.05, 3.63) is 40.1 Å². The maximum atomic E-state index is 12.8. The zero-order valence-corrected chi connectivity index (χ0v) is 15.6. The molecule has 1 aromatic heterocycles. The monoisotopic (exact) mass is 366 g/mol. The third-order valence-electron chi connectivity index (χ3n) is 6.19. The molecule has 0 saturated carbocycles. The zero-order chi connectivity index (χ0) is 17.7. The van der Waals surface area contributed by atoms with Gasteiger partial charge in [-0.25, -0.2) is 0 Å². The van der Waals surface area contributed by atoms with Gasteiger partial charge in [-0.1, -0.05) is 12.2 Å². The highest BCUT2D eigenvalue weighted by Crippen LogP contribution is 2.34. The molecule has 26 heavy (non-hydrogen) atoms. The van der Waals surface area contributed by atoms with Gasteiger partial charge in [0.25, 0.3) is 5.91 Å². The topological polar surface area (TPSA) is 57.1 Å². The molecule has 2 bridgehead atoms. The third-order valence-corrected chi connectivity index (χ3v) is 6.87. The van der Waals surface area contributed by atoms with Gasteiger partial charge in [0.1, 0.15) is 0 Å². The van der Waals surface area contributed by atoms with Crippen molar-refractivity contribution < 1.29 is 4.79 Å². The minimum atomic E-state index is -0.0728. The van der Waals surface area contributed by atoms with E-state index in [0.717, 1.165) is 30.5 Å². The number of nitrogens with zero attached hydrogens (tertiary/aromatic N) is 3. The number of fused-ring (bicyclic) bond motifs is 3. The summed E-state index contributed by atoms with van der Waals surface area (Å²) in [5.41, 5.74) is 4.73. The average molecular weight is 366 g/mol. The summed E-state index contributed by atoms with van der Waals surface area (Å²) in [6.07, 6.45) is 9.43. The highest BCUT2D eigenvalue weighted by molar-refractivity contribution is 7.08. The lowest BCUT2D eigenvalue weighted by atomic mass is 9.90. The maximum Gasteiger partial charge on any atom is 0.272 e. The molecule has 1 aromatic rings. The van der Waals surface area contributed by atoms with E-state index in [-0.39, 0.29) is 11.9 Å². The van der Waals surface area contributed by atoms with Crippen molar-refractivity contribution in [2.45, 2.75) is 50.2 Å². The predicted molar refractivity (Wildman–Crippen MR) is 106 cm³/mol. The molecular weight excluding hydrogens is 344 g/mol. The number of amides is 1. The van der Waals surface area contributed by atoms with E-state index in [1.807, 2.05) is 6.08 Å². The molecule has 1 aliphatic carbocycles. The van der Waals surface area contributed by atoms with Gasteiger partial charge in [0.05, 0.1) is 5.71 Å². The lowest BCUT2D eigenvalue weighted by Gasteiger charge is -2.36. The minimum Gasteiger partial charge on any atom is -0.348 e. The minimum absolute atomic E-state index is 0.0728. The van der Waals surface area contributed by atoms with Crippen molar-refractivity contribution in [1.29, 1.82) is 0 Å². The third kappa shape index (κ3) is 2.68. The highest BCUT2D eigenvalue weighted by Gasteiger charge is 2.39. The van der Waals surface area contributed by atoms with Crippen molar-refractivity contribution >= 4 is 34.2 Å². The van der Waals surface area contributed by atoms with Crippen LogP contribution in [0.4, 0.5) is 0 Å². The normalized spacial score (nSPS) is 30.3. The molecule has 6 heteroatoms. The van der Waals surface area contributed by atoms with Crippen LogP contribution in [0.3, 0.4) is 0 Å². The Balaban J connectivity index is 1.29.